The third-order valence-electron chi connectivity index (χ3n) is 5.18. The summed E-state index contributed by atoms with van der Waals surface area (Å²) in [5.41, 5.74) is 8.17. The Hall–Kier alpha value is -2.55. The predicted molar refractivity (Wildman–Crippen MR) is 121 cm³/mol. The van der Waals surface area contributed by atoms with Crippen molar-refractivity contribution < 1.29 is 9.59 Å². The normalized spacial score (nSPS) is 17.0. The average Bonchev–Trinajstić information content (AvgIpc) is 3.41. The van der Waals surface area contributed by atoms with Crippen molar-refractivity contribution in [3.8, 4) is 9.88 Å². The number of rotatable bonds is 7. The molecule has 3 N–H and O–H groups in total. The van der Waals surface area contributed by atoms with E-state index in [0.29, 0.717) is 0 Å². The molecule has 2 aromatic heterocycles. The topological polar surface area (TPSA) is 88.3 Å². The Labute approximate surface area is 183 Å². The molecular weight excluding hydrogens is 416 g/mol. The van der Waals surface area contributed by atoms with Crippen molar-refractivity contribution in [2.24, 2.45) is 11.7 Å². The van der Waals surface area contributed by atoms with Gasteiger partial charge in [-0.3, -0.25) is 14.5 Å². The molecular formula is C22H24N4O2S2. The summed E-state index contributed by atoms with van der Waals surface area (Å²) in [5.74, 6) is -0.338. The minimum Gasteiger partial charge on any atom is -0.369 e. The van der Waals surface area contributed by atoms with E-state index in [2.05, 4.69) is 15.2 Å². The molecule has 0 bridgehead atoms. The lowest BCUT2D eigenvalue weighted by Crippen LogP contribution is -2.40. The monoisotopic (exact) mass is 440 g/mol. The number of primary amides is 1. The molecule has 2 amide bonds. The Bertz CT molecular complexity index is 999. The number of carbonyl (C=O) groups is 2. The number of amides is 2. The van der Waals surface area contributed by atoms with Gasteiger partial charge in [-0.25, -0.2) is 4.98 Å². The van der Waals surface area contributed by atoms with Crippen LogP contribution in [-0.4, -0.2) is 34.8 Å². The number of aromatic nitrogens is 1. The molecule has 0 saturated carbocycles. The summed E-state index contributed by atoms with van der Waals surface area (Å²) in [6.07, 6.45) is 2.13. The maximum Gasteiger partial charge on any atom is 0.230 e. The van der Waals surface area contributed by atoms with Crippen LogP contribution in [0.25, 0.3) is 9.88 Å². The first kappa shape index (κ1) is 20.7. The van der Waals surface area contributed by atoms with Gasteiger partial charge in [-0.15, -0.1) is 22.7 Å². The molecule has 1 saturated heterocycles. The number of anilines is 1. The zero-order valence-corrected chi connectivity index (χ0v) is 18.2. The maximum absolute atomic E-state index is 12.4. The minimum atomic E-state index is -0.208. The number of nitrogens with two attached hydrogens (primary N) is 1. The summed E-state index contributed by atoms with van der Waals surface area (Å²) in [4.78, 5) is 31.8. The molecule has 3 heterocycles. The fraction of sp³-hybridized carbons (Fsp3) is 0.318. The van der Waals surface area contributed by atoms with Crippen LogP contribution in [0.15, 0.2) is 47.2 Å². The number of benzene rings is 1. The molecule has 1 atom stereocenters. The summed E-state index contributed by atoms with van der Waals surface area (Å²) in [5, 5.41) is 7.86. The molecule has 3 aromatic rings. The molecule has 1 aromatic carbocycles. The second-order valence-corrected chi connectivity index (χ2v) is 9.33. The van der Waals surface area contributed by atoms with Crippen LogP contribution in [0.2, 0.25) is 0 Å². The summed E-state index contributed by atoms with van der Waals surface area (Å²) < 4.78 is 0. The predicted octanol–water partition coefficient (Wildman–Crippen LogP) is 3.75. The first-order valence-electron chi connectivity index (χ1n) is 9.95. The third-order valence-corrected chi connectivity index (χ3v) is 7.11. The van der Waals surface area contributed by atoms with E-state index < -0.39 is 0 Å². The number of likely N-dealkylation sites (tertiary alicyclic amines) is 1. The highest BCUT2D eigenvalue weighted by Gasteiger charge is 2.23. The molecule has 30 heavy (non-hydrogen) atoms. The maximum atomic E-state index is 12.4. The number of piperidine rings is 1. The van der Waals surface area contributed by atoms with E-state index in [1.807, 2.05) is 47.2 Å². The molecule has 0 radical (unpaired) electrons. The number of hydrogen-bond donors (Lipinski definition) is 2. The van der Waals surface area contributed by atoms with Crippen LogP contribution < -0.4 is 11.1 Å². The molecule has 1 aliphatic rings. The van der Waals surface area contributed by atoms with Crippen LogP contribution in [0.3, 0.4) is 0 Å². The second-order valence-electron chi connectivity index (χ2n) is 7.52. The highest BCUT2D eigenvalue weighted by Crippen LogP contribution is 2.28. The highest BCUT2D eigenvalue weighted by atomic mass is 32.1. The number of carbonyl (C=O) groups excluding carboxylic acids is 2. The minimum absolute atomic E-state index is 0.0524. The SMILES string of the molecule is NC(=O)C1CCCN(Cc2ccc(NC(=O)Cc3csc(-c4cccs4)n3)cc2)C1. The first-order chi connectivity index (χ1) is 14.6. The largest absolute Gasteiger partial charge is 0.369 e. The van der Waals surface area contributed by atoms with Crippen LogP contribution in [0.4, 0.5) is 5.69 Å². The van der Waals surface area contributed by atoms with Crippen molar-refractivity contribution >= 4 is 40.2 Å². The quantitative estimate of drug-likeness (QED) is 0.586. The van der Waals surface area contributed by atoms with Crippen molar-refractivity contribution in [3.63, 3.8) is 0 Å². The Kier molecular flexibility index (Phi) is 6.56. The van der Waals surface area contributed by atoms with E-state index in [1.165, 1.54) is 0 Å². The van der Waals surface area contributed by atoms with Gasteiger partial charge in [-0.2, -0.15) is 0 Å². The van der Waals surface area contributed by atoms with Crippen molar-refractivity contribution in [1.29, 1.82) is 0 Å². The smallest absolute Gasteiger partial charge is 0.230 e. The Morgan fingerprint density at radius 1 is 1.20 bits per heavy atom. The Morgan fingerprint density at radius 3 is 2.77 bits per heavy atom. The highest BCUT2D eigenvalue weighted by molar-refractivity contribution is 7.20. The zero-order valence-electron chi connectivity index (χ0n) is 16.5. The van der Waals surface area contributed by atoms with Gasteiger partial charge in [-0.1, -0.05) is 18.2 Å². The van der Waals surface area contributed by atoms with E-state index in [9.17, 15) is 9.59 Å². The van der Waals surface area contributed by atoms with E-state index >= 15 is 0 Å². The molecule has 8 heteroatoms. The summed E-state index contributed by atoms with van der Waals surface area (Å²) in [7, 11) is 0. The van der Waals surface area contributed by atoms with Gasteiger partial charge in [0, 0.05) is 24.2 Å². The number of hydrogen-bond acceptors (Lipinski definition) is 6. The summed E-state index contributed by atoms with van der Waals surface area (Å²) >= 11 is 3.21. The number of nitrogens with zero attached hydrogens (tertiary/aromatic N) is 2. The van der Waals surface area contributed by atoms with E-state index in [1.54, 1.807) is 22.7 Å². The van der Waals surface area contributed by atoms with E-state index in [0.717, 1.165) is 59.3 Å². The molecule has 0 aliphatic carbocycles. The van der Waals surface area contributed by atoms with Crippen molar-refractivity contribution in [2.45, 2.75) is 25.8 Å². The van der Waals surface area contributed by atoms with Gasteiger partial charge < -0.3 is 11.1 Å². The lowest BCUT2D eigenvalue weighted by Gasteiger charge is -2.31. The van der Waals surface area contributed by atoms with Crippen LogP contribution >= 0.6 is 22.7 Å². The second kappa shape index (κ2) is 9.51. The molecule has 4 rings (SSSR count). The van der Waals surface area contributed by atoms with E-state index in [4.69, 9.17) is 5.73 Å². The van der Waals surface area contributed by atoms with Gasteiger partial charge in [0.25, 0.3) is 0 Å². The molecule has 1 aliphatic heterocycles. The van der Waals surface area contributed by atoms with Gasteiger partial charge in [-0.05, 0) is 48.5 Å². The first-order valence-corrected chi connectivity index (χ1v) is 11.7. The summed E-state index contributed by atoms with van der Waals surface area (Å²) in [6, 6.07) is 11.9. The number of thiazole rings is 1. The zero-order chi connectivity index (χ0) is 20.9. The van der Waals surface area contributed by atoms with Gasteiger partial charge in [0.1, 0.15) is 5.01 Å². The van der Waals surface area contributed by atoms with Crippen LogP contribution in [0.1, 0.15) is 24.1 Å². The molecule has 1 fully saturated rings. The molecule has 6 nitrogen and oxygen atoms in total. The third kappa shape index (κ3) is 5.33. The number of thiophene rings is 1. The fourth-order valence-electron chi connectivity index (χ4n) is 3.65. The Balaban J connectivity index is 1.29. The average molecular weight is 441 g/mol. The summed E-state index contributed by atoms with van der Waals surface area (Å²) in [6.45, 7) is 2.47. The number of nitrogens with one attached hydrogen (secondary N) is 1. The van der Waals surface area contributed by atoms with E-state index in [-0.39, 0.29) is 24.2 Å². The van der Waals surface area contributed by atoms with Gasteiger partial charge in [0.05, 0.1) is 22.9 Å². The van der Waals surface area contributed by atoms with Crippen LogP contribution in [-0.2, 0) is 22.6 Å². The lowest BCUT2D eigenvalue weighted by molar-refractivity contribution is -0.123. The van der Waals surface area contributed by atoms with Crippen molar-refractivity contribution in [2.75, 3.05) is 18.4 Å². The fourth-order valence-corrected chi connectivity index (χ4v) is 5.29. The molecule has 0 spiro atoms. The Morgan fingerprint density at radius 2 is 2.03 bits per heavy atom. The molecule has 156 valence electrons. The van der Waals surface area contributed by atoms with Crippen molar-refractivity contribution in [3.05, 3.63) is 58.4 Å². The molecule has 1 unspecified atom stereocenters. The van der Waals surface area contributed by atoms with Crippen LogP contribution in [0, 0.1) is 5.92 Å². The van der Waals surface area contributed by atoms with Gasteiger partial charge >= 0.3 is 0 Å². The van der Waals surface area contributed by atoms with Gasteiger partial charge in [0.15, 0.2) is 0 Å². The van der Waals surface area contributed by atoms with Gasteiger partial charge in [0.2, 0.25) is 11.8 Å². The van der Waals surface area contributed by atoms with Crippen LogP contribution in [0.5, 0.6) is 0 Å². The van der Waals surface area contributed by atoms with Crippen molar-refractivity contribution in [1.82, 2.24) is 9.88 Å². The lowest BCUT2D eigenvalue weighted by atomic mass is 9.97. The standard InChI is InChI=1S/C22H24N4O2S2/c23-21(28)16-3-1-9-26(13-16)12-15-5-7-17(8-6-15)24-20(27)11-18-14-30-22(25-18)19-4-2-10-29-19/h2,4-8,10,14,16H,1,3,9,11-13H2,(H2,23,28)(H,24,27).